The molecule has 3 fully saturated rings. The van der Waals surface area contributed by atoms with Crippen LogP contribution in [0.15, 0.2) is 0 Å². The number of nitrogens with zero attached hydrogens (tertiary/aromatic N) is 1. The van der Waals surface area contributed by atoms with Gasteiger partial charge in [-0.25, -0.2) is 0 Å². The quantitative estimate of drug-likeness (QED) is 0.731. The highest BCUT2D eigenvalue weighted by Crippen LogP contribution is 2.48. The average molecular weight is 236 g/mol. The van der Waals surface area contributed by atoms with Gasteiger partial charge < -0.3 is 10.2 Å². The van der Waals surface area contributed by atoms with Crippen LogP contribution in [0.4, 0.5) is 0 Å². The molecule has 1 heterocycles. The first-order valence-corrected chi connectivity index (χ1v) is 6.79. The van der Waals surface area contributed by atoms with Crippen LogP contribution in [0.1, 0.15) is 32.1 Å². The van der Waals surface area contributed by atoms with Crippen LogP contribution in [0, 0.1) is 17.8 Å². The molecule has 3 atom stereocenters. The Labute approximate surface area is 102 Å². The third kappa shape index (κ3) is 2.05. The zero-order valence-corrected chi connectivity index (χ0v) is 10.2. The molecule has 3 aliphatic rings. The fourth-order valence-electron chi connectivity index (χ4n) is 3.77. The second-order valence-corrected chi connectivity index (χ2v) is 5.71. The van der Waals surface area contributed by atoms with Crippen molar-refractivity contribution in [3.63, 3.8) is 0 Å². The van der Waals surface area contributed by atoms with Gasteiger partial charge in [0, 0.05) is 32.0 Å². The highest BCUT2D eigenvalue weighted by molar-refractivity contribution is 5.82. The topological polar surface area (TPSA) is 49.4 Å². The third-order valence-electron chi connectivity index (χ3n) is 4.68. The van der Waals surface area contributed by atoms with Gasteiger partial charge in [-0.2, -0.15) is 0 Å². The predicted molar refractivity (Wildman–Crippen MR) is 63.1 cm³/mol. The van der Waals surface area contributed by atoms with E-state index in [2.05, 4.69) is 5.32 Å². The van der Waals surface area contributed by atoms with Crippen LogP contribution < -0.4 is 5.32 Å². The number of carbonyl (C=O) groups excluding carboxylic acids is 2. The number of amides is 2. The van der Waals surface area contributed by atoms with E-state index in [0.717, 1.165) is 12.3 Å². The summed E-state index contributed by atoms with van der Waals surface area (Å²) in [6.07, 6.45) is 5.40. The summed E-state index contributed by atoms with van der Waals surface area (Å²) in [6, 6.07) is 0. The van der Waals surface area contributed by atoms with Crippen molar-refractivity contribution in [3.05, 3.63) is 0 Å². The molecule has 1 aliphatic heterocycles. The maximum atomic E-state index is 12.4. The normalized spacial score (nSPS) is 36.8. The molecule has 4 heteroatoms. The molecule has 2 saturated carbocycles. The second-order valence-electron chi connectivity index (χ2n) is 5.71. The number of nitrogens with one attached hydrogen (secondary N) is 1. The summed E-state index contributed by atoms with van der Waals surface area (Å²) in [6.45, 7) is 1.92. The van der Waals surface area contributed by atoms with Gasteiger partial charge in [-0.05, 0) is 31.1 Å². The Morgan fingerprint density at radius 3 is 2.82 bits per heavy atom. The number of hydrogen-bond acceptors (Lipinski definition) is 2. The minimum Gasteiger partial charge on any atom is -0.354 e. The predicted octanol–water partition coefficient (Wildman–Crippen LogP) is 0.771. The molecule has 2 bridgehead atoms. The molecular formula is C13H20N2O2. The first-order chi connectivity index (χ1) is 8.24. The Morgan fingerprint density at radius 1 is 1.24 bits per heavy atom. The van der Waals surface area contributed by atoms with Gasteiger partial charge in [0.05, 0.1) is 0 Å². The molecule has 0 radical (unpaired) electrons. The summed E-state index contributed by atoms with van der Waals surface area (Å²) >= 11 is 0. The Morgan fingerprint density at radius 2 is 2.12 bits per heavy atom. The lowest BCUT2D eigenvalue weighted by Crippen LogP contribution is -2.40. The maximum Gasteiger partial charge on any atom is 0.226 e. The SMILES string of the molecule is O=C1CCN(C(=O)C2CC3CCC2C3)CCN1. The number of hydrogen-bond donors (Lipinski definition) is 1. The van der Waals surface area contributed by atoms with Crippen LogP contribution in [0.2, 0.25) is 0 Å². The molecule has 0 aromatic heterocycles. The van der Waals surface area contributed by atoms with Crippen molar-refractivity contribution in [2.75, 3.05) is 19.6 Å². The number of rotatable bonds is 1. The van der Waals surface area contributed by atoms with E-state index in [4.69, 9.17) is 0 Å². The molecule has 17 heavy (non-hydrogen) atoms. The van der Waals surface area contributed by atoms with E-state index in [1.54, 1.807) is 0 Å². The van der Waals surface area contributed by atoms with Gasteiger partial charge in [0.2, 0.25) is 11.8 Å². The second kappa shape index (κ2) is 4.31. The summed E-state index contributed by atoms with van der Waals surface area (Å²) in [4.78, 5) is 25.6. The fourth-order valence-corrected chi connectivity index (χ4v) is 3.77. The van der Waals surface area contributed by atoms with Gasteiger partial charge in [0.25, 0.3) is 0 Å². The van der Waals surface area contributed by atoms with Crippen LogP contribution in [0.25, 0.3) is 0 Å². The van der Waals surface area contributed by atoms with Crippen LogP contribution in [0.3, 0.4) is 0 Å². The molecule has 1 N–H and O–H groups in total. The Balaban J connectivity index is 1.63. The lowest BCUT2D eigenvalue weighted by Gasteiger charge is -2.28. The molecule has 94 valence electrons. The molecule has 1 saturated heterocycles. The summed E-state index contributed by atoms with van der Waals surface area (Å²) < 4.78 is 0. The van der Waals surface area contributed by atoms with Gasteiger partial charge in [0.1, 0.15) is 0 Å². The van der Waals surface area contributed by atoms with Crippen molar-refractivity contribution in [1.29, 1.82) is 0 Å². The summed E-state index contributed by atoms with van der Waals surface area (Å²) in [5.41, 5.74) is 0. The van der Waals surface area contributed by atoms with E-state index in [-0.39, 0.29) is 11.8 Å². The summed E-state index contributed by atoms with van der Waals surface area (Å²) in [5, 5.41) is 2.82. The highest BCUT2D eigenvalue weighted by Gasteiger charge is 2.44. The first kappa shape index (κ1) is 11.1. The largest absolute Gasteiger partial charge is 0.354 e. The monoisotopic (exact) mass is 236 g/mol. The zero-order chi connectivity index (χ0) is 11.8. The molecule has 2 aliphatic carbocycles. The standard InChI is InChI=1S/C13H20N2O2/c16-12-3-5-15(6-4-14-12)13(17)11-8-9-1-2-10(11)7-9/h9-11H,1-8H2,(H,14,16). The molecule has 3 unspecified atom stereocenters. The van der Waals surface area contributed by atoms with Crippen LogP contribution in [-0.4, -0.2) is 36.3 Å². The van der Waals surface area contributed by atoms with Crippen LogP contribution >= 0.6 is 0 Å². The zero-order valence-electron chi connectivity index (χ0n) is 10.2. The average Bonchev–Trinajstić information content (AvgIpc) is 2.88. The summed E-state index contributed by atoms with van der Waals surface area (Å²) in [7, 11) is 0. The minimum atomic E-state index is 0.0771. The van der Waals surface area contributed by atoms with Crippen molar-refractivity contribution in [2.24, 2.45) is 17.8 Å². The van der Waals surface area contributed by atoms with Crippen LogP contribution in [-0.2, 0) is 9.59 Å². The van der Waals surface area contributed by atoms with Gasteiger partial charge in [0.15, 0.2) is 0 Å². The lowest BCUT2D eigenvalue weighted by molar-refractivity contribution is -0.137. The van der Waals surface area contributed by atoms with E-state index < -0.39 is 0 Å². The molecule has 2 amide bonds. The van der Waals surface area contributed by atoms with E-state index in [0.29, 0.717) is 37.9 Å². The molecule has 3 rings (SSSR count). The molecule has 0 aromatic rings. The highest BCUT2D eigenvalue weighted by atomic mass is 16.2. The van der Waals surface area contributed by atoms with E-state index in [9.17, 15) is 9.59 Å². The number of fused-ring (bicyclic) bond motifs is 2. The van der Waals surface area contributed by atoms with Crippen molar-refractivity contribution >= 4 is 11.8 Å². The Hall–Kier alpha value is -1.06. The third-order valence-corrected chi connectivity index (χ3v) is 4.68. The van der Waals surface area contributed by atoms with Crippen molar-refractivity contribution in [1.82, 2.24) is 10.2 Å². The van der Waals surface area contributed by atoms with Crippen molar-refractivity contribution in [2.45, 2.75) is 32.1 Å². The minimum absolute atomic E-state index is 0.0771. The van der Waals surface area contributed by atoms with E-state index in [1.807, 2.05) is 4.90 Å². The first-order valence-electron chi connectivity index (χ1n) is 6.79. The number of carbonyl (C=O) groups is 2. The van der Waals surface area contributed by atoms with Crippen LogP contribution in [0.5, 0.6) is 0 Å². The Bertz CT molecular complexity index is 342. The van der Waals surface area contributed by atoms with E-state index in [1.165, 1.54) is 19.3 Å². The Kier molecular flexibility index (Phi) is 2.81. The summed E-state index contributed by atoms with van der Waals surface area (Å²) in [5.74, 6) is 2.10. The molecule has 4 nitrogen and oxygen atoms in total. The van der Waals surface area contributed by atoms with Crippen molar-refractivity contribution in [3.8, 4) is 0 Å². The van der Waals surface area contributed by atoms with E-state index >= 15 is 0 Å². The molecule has 0 aromatic carbocycles. The van der Waals surface area contributed by atoms with Gasteiger partial charge in [-0.3, -0.25) is 9.59 Å². The van der Waals surface area contributed by atoms with Crippen molar-refractivity contribution < 1.29 is 9.59 Å². The van der Waals surface area contributed by atoms with Gasteiger partial charge in [-0.1, -0.05) is 6.42 Å². The lowest BCUT2D eigenvalue weighted by atomic mass is 9.87. The maximum absolute atomic E-state index is 12.4. The molecular weight excluding hydrogens is 216 g/mol. The van der Waals surface area contributed by atoms with Gasteiger partial charge >= 0.3 is 0 Å². The van der Waals surface area contributed by atoms with Gasteiger partial charge in [-0.15, -0.1) is 0 Å². The smallest absolute Gasteiger partial charge is 0.226 e. The molecule has 0 spiro atoms. The fraction of sp³-hybridized carbons (Fsp3) is 0.846.